The number of aliphatic hydroxyl groups is 1. The smallest absolute Gasteiger partial charge is 0.308 e. The van der Waals surface area contributed by atoms with Crippen molar-refractivity contribution in [1.82, 2.24) is 0 Å². The Labute approximate surface area is 58.3 Å². The van der Waals surface area contributed by atoms with Crippen LogP contribution in [0.4, 0.5) is 0 Å². The first kappa shape index (κ1) is 8.72. The topological polar surface area (TPSA) is 57.5 Å². The molecule has 0 bridgehead atoms. The monoisotopic (exact) mass is 152 g/mol. The van der Waals surface area contributed by atoms with Crippen LogP contribution in [0.1, 0.15) is 6.92 Å². The first-order valence-electron chi connectivity index (χ1n) is 2.56. The standard InChI is InChI=1S/C5H9ClO3/c1-3(5(8)9)4(7)2-6/h3-4,7H,2H2,1H3,(H,8,9)/t3-,4?/m0/s1. The van der Waals surface area contributed by atoms with E-state index in [0.29, 0.717) is 0 Å². The van der Waals surface area contributed by atoms with E-state index in [1.54, 1.807) is 0 Å². The zero-order chi connectivity index (χ0) is 7.44. The van der Waals surface area contributed by atoms with E-state index >= 15 is 0 Å². The third-order valence-corrected chi connectivity index (χ3v) is 1.44. The van der Waals surface area contributed by atoms with Gasteiger partial charge < -0.3 is 10.2 Å². The fraction of sp³-hybridized carbons (Fsp3) is 0.800. The lowest BCUT2D eigenvalue weighted by Crippen LogP contribution is -2.26. The largest absolute Gasteiger partial charge is 0.481 e. The zero-order valence-electron chi connectivity index (χ0n) is 5.04. The molecular weight excluding hydrogens is 144 g/mol. The lowest BCUT2D eigenvalue weighted by Gasteiger charge is -2.09. The number of hydrogen-bond acceptors (Lipinski definition) is 2. The lowest BCUT2D eigenvalue weighted by molar-refractivity contribution is -0.144. The lowest BCUT2D eigenvalue weighted by atomic mass is 10.1. The van der Waals surface area contributed by atoms with Crippen LogP contribution in [-0.2, 0) is 4.79 Å². The van der Waals surface area contributed by atoms with Crippen LogP contribution in [0.2, 0.25) is 0 Å². The Hall–Kier alpha value is -0.280. The minimum atomic E-state index is -1.02. The SMILES string of the molecule is C[C@H](C(=O)O)C(O)CCl. The van der Waals surface area contributed by atoms with Gasteiger partial charge in [-0.15, -0.1) is 11.6 Å². The van der Waals surface area contributed by atoms with Gasteiger partial charge in [0.2, 0.25) is 0 Å². The molecule has 0 fully saturated rings. The molecule has 54 valence electrons. The predicted octanol–water partition coefficient (Wildman–Crippen LogP) is 0.307. The number of aliphatic hydroxyl groups excluding tert-OH is 1. The minimum Gasteiger partial charge on any atom is -0.481 e. The van der Waals surface area contributed by atoms with Crippen LogP contribution < -0.4 is 0 Å². The van der Waals surface area contributed by atoms with Crippen LogP contribution in [0.25, 0.3) is 0 Å². The average molecular weight is 153 g/mol. The molecule has 0 aromatic carbocycles. The Morgan fingerprint density at radius 2 is 2.22 bits per heavy atom. The maximum atomic E-state index is 10.1. The highest BCUT2D eigenvalue weighted by atomic mass is 35.5. The number of alkyl halides is 1. The van der Waals surface area contributed by atoms with Crippen LogP contribution in [0, 0.1) is 5.92 Å². The molecule has 0 saturated heterocycles. The quantitative estimate of drug-likeness (QED) is 0.573. The Morgan fingerprint density at radius 1 is 1.78 bits per heavy atom. The molecule has 0 aromatic rings. The van der Waals surface area contributed by atoms with Gasteiger partial charge >= 0.3 is 5.97 Å². The van der Waals surface area contributed by atoms with E-state index in [-0.39, 0.29) is 5.88 Å². The molecule has 3 nitrogen and oxygen atoms in total. The molecule has 0 aliphatic heterocycles. The number of rotatable bonds is 3. The van der Waals surface area contributed by atoms with Gasteiger partial charge in [-0.25, -0.2) is 0 Å². The van der Waals surface area contributed by atoms with E-state index < -0.39 is 18.0 Å². The summed E-state index contributed by atoms with van der Waals surface area (Å²) in [6, 6.07) is 0. The van der Waals surface area contributed by atoms with Gasteiger partial charge in [-0.1, -0.05) is 0 Å². The van der Waals surface area contributed by atoms with E-state index in [0.717, 1.165) is 0 Å². The molecule has 0 amide bonds. The Morgan fingerprint density at radius 3 is 2.33 bits per heavy atom. The zero-order valence-corrected chi connectivity index (χ0v) is 5.80. The van der Waals surface area contributed by atoms with Gasteiger partial charge in [0.15, 0.2) is 0 Å². The molecule has 0 rings (SSSR count). The highest BCUT2D eigenvalue weighted by Crippen LogP contribution is 2.03. The van der Waals surface area contributed by atoms with Crippen molar-refractivity contribution >= 4 is 17.6 Å². The van der Waals surface area contributed by atoms with Crippen molar-refractivity contribution in [3.63, 3.8) is 0 Å². The first-order valence-corrected chi connectivity index (χ1v) is 3.10. The molecule has 2 N–H and O–H groups in total. The van der Waals surface area contributed by atoms with Crippen molar-refractivity contribution in [1.29, 1.82) is 0 Å². The summed E-state index contributed by atoms with van der Waals surface area (Å²) >= 11 is 5.18. The fourth-order valence-corrected chi connectivity index (χ4v) is 0.565. The molecule has 1 unspecified atom stereocenters. The van der Waals surface area contributed by atoms with E-state index in [1.165, 1.54) is 6.92 Å². The molecule has 0 aromatic heterocycles. The van der Waals surface area contributed by atoms with Crippen molar-refractivity contribution in [3.05, 3.63) is 0 Å². The van der Waals surface area contributed by atoms with E-state index in [9.17, 15) is 4.79 Å². The molecule has 9 heavy (non-hydrogen) atoms. The Bertz CT molecular complexity index is 104. The third-order valence-electron chi connectivity index (χ3n) is 1.12. The van der Waals surface area contributed by atoms with Gasteiger partial charge in [0.25, 0.3) is 0 Å². The summed E-state index contributed by atoms with van der Waals surface area (Å²) in [5.41, 5.74) is 0. The van der Waals surface area contributed by atoms with Crippen molar-refractivity contribution in [2.24, 2.45) is 5.92 Å². The number of carboxylic acids is 1. The molecular formula is C5H9ClO3. The van der Waals surface area contributed by atoms with Gasteiger partial charge in [-0.05, 0) is 6.92 Å². The molecule has 0 spiro atoms. The molecule has 0 aliphatic rings. The summed E-state index contributed by atoms with van der Waals surface area (Å²) in [7, 11) is 0. The normalized spacial score (nSPS) is 16.8. The predicted molar refractivity (Wildman–Crippen MR) is 33.5 cm³/mol. The second kappa shape index (κ2) is 3.69. The molecule has 0 saturated carbocycles. The van der Waals surface area contributed by atoms with Gasteiger partial charge in [0, 0.05) is 5.88 Å². The minimum absolute atomic E-state index is 0.0343. The maximum Gasteiger partial charge on any atom is 0.308 e. The summed E-state index contributed by atoms with van der Waals surface area (Å²) < 4.78 is 0. The summed E-state index contributed by atoms with van der Waals surface area (Å²) in [5, 5.41) is 17.0. The van der Waals surface area contributed by atoms with Crippen molar-refractivity contribution in [2.45, 2.75) is 13.0 Å². The number of halogens is 1. The molecule has 0 aliphatic carbocycles. The first-order chi connectivity index (χ1) is 4.09. The number of hydrogen-bond donors (Lipinski definition) is 2. The molecule has 4 heteroatoms. The van der Waals surface area contributed by atoms with Gasteiger partial charge in [0.1, 0.15) is 0 Å². The summed E-state index contributed by atoms with van der Waals surface area (Å²) in [4.78, 5) is 10.1. The number of carboxylic acid groups (broad SMARTS) is 1. The number of aliphatic carboxylic acids is 1. The number of carbonyl (C=O) groups is 1. The Balaban J connectivity index is 3.72. The van der Waals surface area contributed by atoms with Crippen LogP contribution >= 0.6 is 11.6 Å². The highest BCUT2D eigenvalue weighted by molar-refractivity contribution is 6.18. The highest BCUT2D eigenvalue weighted by Gasteiger charge is 2.19. The second-order valence-corrected chi connectivity index (χ2v) is 2.16. The van der Waals surface area contributed by atoms with Gasteiger partial charge in [-0.2, -0.15) is 0 Å². The molecule has 0 heterocycles. The van der Waals surface area contributed by atoms with E-state index in [2.05, 4.69) is 0 Å². The van der Waals surface area contributed by atoms with Crippen molar-refractivity contribution in [3.8, 4) is 0 Å². The summed E-state index contributed by atoms with van der Waals surface area (Å²) in [5.74, 6) is -1.83. The Kier molecular flexibility index (Phi) is 3.58. The van der Waals surface area contributed by atoms with Crippen LogP contribution in [-0.4, -0.2) is 28.2 Å². The van der Waals surface area contributed by atoms with Crippen molar-refractivity contribution < 1.29 is 15.0 Å². The molecule has 2 atom stereocenters. The van der Waals surface area contributed by atoms with E-state index in [1.807, 2.05) is 0 Å². The summed E-state index contributed by atoms with van der Waals surface area (Å²) in [6.07, 6.45) is -0.941. The third kappa shape index (κ3) is 2.67. The van der Waals surface area contributed by atoms with Crippen LogP contribution in [0.5, 0.6) is 0 Å². The van der Waals surface area contributed by atoms with Gasteiger partial charge in [-0.3, -0.25) is 4.79 Å². The van der Waals surface area contributed by atoms with Gasteiger partial charge in [0.05, 0.1) is 12.0 Å². The van der Waals surface area contributed by atoms with Crippen LogP contribution in [0.15, 0.2) is 0 Å². The molecule has 0 radical (unpaired) electrons. The van der Waals surface area contributed by atoms with E-state index in [4.69, 9.17) is 21.8 Å². The second-order valence-electron chi connectivity index (χ2n) is 1.85. The fourth-order valence-electron chi connectivity index (χ4n) is 0.298. The average Bonchev–Trinajstić information content (AvgIpc) is 1.84. The van der Waals surface area contributed by atoms with Crippen LogP contribution in [0.3, 0.4) is 0 Å². The maximum absolute atomic E-state index is 10.1. The van der Waals surface area contributed by atoms with Crippen molar-refractivity contribution in [2.75, 3.05) is 5.88 Å². The summed E-state index contributed by atoms with van der Waals surface area (Å²) in [6.45, 7) is 1.41.